The maximum absolute atomic E-state index is 12.8. The lowest BCUT2D eigenvalue weighted by atomic mass is 10.1. The van der Waals surface area contributed by atoms with Crippen LogP contribution in [-0.2, 0) is 39.9 Å². The van der Waals surface area contributed by atoms with Crippen molar-refractivity contribution in [1.29, 1.82) is 0 Å². The van der Waals surface area contributed by atoms with Crippen LogP contribution in [0, 0.1) is 0 Å². The minimum atomic E-state index is -0.995. The zero-order valence-electron chi connectivity index (χ0n) is 23.4. The van der Waals surface area contributed by atoms with Crippen LogP contribution in [0.1, 0.15) is 59.4 Å². The van der Waals surface area contributed by atoms with Gasteiger partial charge in [0.2, 0.25) is 0 Å². The molecule has 1 rings (SSSR count). The smallest absolute Gasteiger partial charge is 0.410 e. The van der Waals surface area contributed by atoms with Crippen molar-refractivity contribution < 1.29 is 38.1 Å². The molecular formula is C29H44Cl2N2O8. The number of halogens is 2. The van der Waals surface area contributed by atoms with E-state index in [0.717, 1.165) is 5.56 Å². The summed E-state index contributed by atoms with van der Waals surface area (Å²) in [6.07, 6.45) is -0.0215. The molecule has 0 heterocycles. The third-order valence-corrected chi connectivity index (χ3v) is 5.21. The molecule has 1 amide bonds. The first-order valence-electron chi connectivity index (χ1n) is 12.8. The Labute approximate surface area is 253 Å². The number of ether oxygens (including phenoxy) is 4. The molecule has 232 valence electrons. The number of nitrogens with zero attached hydrogens (tertiary/aromatic N) is 1. The summed E-state index contributed by atoms with van der Waals surface area (Å²) in [6.45, 7) is 13.0. The molecular weight excluding hydrogens is 575 g/mol. The van der Waals surface area contributed by atoms with Gasteiger partial charge >= 0.3 is 24.0 Å². The number of carbonyl (C=O) groups excluding carboxylic acids is 4. The van der Waals surface area contributed by atoms with E-state index in [4.69, 9.17) is 43.1 Å². The van der Waals surface area contributed by atoms with Crippen LogP contribution in [0.15, 0.2) is 53.6 Å². The van der Waals surface area contributed by atoms with Crippen molar-refractivity contribution in [1.82, 2.24) is 4.90 Å². The molecule has 41 heavy (non-hydrogen) atoms. The number of nitrogens with two attached hydrogens (primary N) is 1. The molecule has 0 spiro atoms. The van der Waals surface area contributed by atoms with Gasteiger partial charge in [-0.1, -0.05) is 74.1 Å². The lowest BCUT2D eigenvalue weighted by Gasteiger charge is -2.29. The third kappa shape index (κ3) is 18.8. The number of rotatable bonds is 16. The maximum atomic E-state index is 12.8. The Kier molecular flexibility index (Phi) is 23.1. The summed E-state index contributed by atoms with van der Waals surface area (Å²) in [6, 6.07) is 7.49. The second-order valence-electron chi connectivity index (χ2n) is 8.21. The molecule has 0 bridgehead atoms. The van der Waals surface area contributed by atoms with Crippen LogP contribution in [0.25, 0.3) is 0 Å². The van der Waals surface area contributed by atoms with Crippen molar-refractivity contribution in [2.24, 2.45) is 5.73 Å². The number of hydrogen-bond acceptors (Lipinski definition) is 9. The molecule has 0 fully saturated rings. The van der Waals surface area contributed by atoms with Crippen molar-refractivity contribution in [2.45, 2.75) is 72.6 Å². The topological polar surface area (TPSA) is 134 Å². The van der Waals surface area contributed by atoms with Gasteiger partial charge in [0.15, 0.2) is 0 Å². The zero-order chi connectivity index (χ0) is 30.5. The van der Waals surface area contributed by atoms with Crippen LogP contribution in [0.4, 0.5) is 4.79 Å². The first-order chi connectivity index (χ1) is 19.0. The van der Waals surface area contributed by atoms with E-state index in [2.05, 4.69) is 17.9 Å². The first-order valence-corrected chi connectivity index (χ1v) is 13.6. The summed E-state index contributed by atoms with van der Waals surface area (Å²) in [4.78, 5) is 48.9. The average Bonchev–Trinajstić information content (AvgIpc) is 2.89. The van der Waals surface area contributed by atoms with E-state index in [0.29, 0.717) is 18.1 Å². The van der Waals surface area contributed by atoms with Crippen molar-refractivity contribution in [2.75, 3.05) is 26.4 Å². The van der Waals surface area contributed by atoms with Crippen LogP contribution in [0.5, 0.6) is 0 Å². The van der Waals surface area contributed by atoms with Gasteiger partial charge in [0, 0.05) is 35.9 Å². The Morgan fingerprint density at radius 2 is 1.39 bits per heavy atom. The van der Waals surface area contributed by atoms with Crippen LogP contribution in [0.3, 0.4) is 0 Å². The summed E-state index contributed by atoms with van der Waals surface area (Å²) >= 11 is 11.3. The second-order valence-corrected chi connectivity index (χ2v) is 9.28. The van der Waals surface area contributed by atoms with Gasteiger partial charge in [0.25, 0.3) is 0 Å². The number of esters is 3. The molecule has 10 nitrogen and oxygen atoms in total. The maximum Gasteiger partial charge on any atom is 0.410 e. The van der Waals surface area contributed by atoms with Gasteiger partial charge in [-0.05, 0) is 32.8 Å². The Morgan fingerprint density at radius 3 is 1.90 bits per heavy atom. The monoisotopic (exact) mass is 618 g/mol. The fourth-order valence-corrected chi connectivity index (χ4v) is 3.46. The Morgan fingerprint density at radius 1 is 0.854 bits per heavy atom. The molecule has 0 aliphatic heterocycles. The van der Waals surface area contributed by atoms with Gasteiger partial charge < -0.3 is 24.7 Å². The molecule has 1 aromatic carbocycles. The second kappa shape index (κ2) is 23.6. The molecule has 2 atom stereocenters. The highest BCUT2D eigenvalue weighted by atomic mass is 35.5. The Bertz CT molecular complexity index is 959. The highest BCUT2D eigenvalue weighted by Crippen LogP contribution is 2.18. The zero-order valence-corrected chi connectivity index (χ0v) is 24.9. The van der Waals surface area contributed by atoms with Crippen LogP contribution in [-0.4, -0.2) is 67.4 Å². The summed E-state index contributed by atoms with van der Waals surface area (Å²) in [5.41, 5.74) is 6.19. The number of hydrogen-bond donors (Lipinski definition) is 1. The quantitative estimate of drug-likeness (QED) is 0.183. The van der Waals surface area contributed by atoms with E-state index in [1.54, 1.807) is 20.8 Å². The summed E-state index contributed by atoms with van der Waals surface area (Å²) in [5, 5.41) is 0.569. The minimum Gasteiger partial charge on any atom is -0.466 e. The number of amides is 1. The SMILES string of the molecule is C.C=C(Cl)CC(C(=O)OCC)N(CCCC(=O)OCC)C(=O)OCc1ccccc1.C=C(Cl)CC(N)C(=O)OCC. The van der Waals surface area contributed by atoms with Gasteiger partial charge in [-0.2, -0.15) is 0 Å². The molecule has 1 aromatic rings. The predicted molar refractivity (Wildman–Crippen MR) is 160 cm³/mol. The number of carbonyl (C=O) groups is 4. The average molecular weight is 620 g/mol. The molecule has 0 saturated heterocycles. The van der Waals surface area contributed by atoms with Crippen molar-refractivity contribution in [3.63, 3.8) is 0 Å². The van der Waals surface area contributed by atoms with Crippen molar-refractivity contribution >= 4 is 47.2 Å². The summed E-state index contributed by atoms with van der Waals surface area (Å²) in [7, 11) is 0. The predicted octanol–water partition coefficient (Wildman–Crippen LogP) is 5.70. The van der Waals surface area contributed by atoms with E-state index in [1.807, 2.05) is 30.3 Å². The molecule has 0 aliphatic rings. The number of benzene rings is 1. The molecule has 0 aliphatic carbocycles. The highest BCUT2D eigenvalue weighted by molar-refractivity contribution is 6.29. The molecule has 0 aromatic heterocycles. The fourth-order valence-electron chi connectivity index (χ4n) is 3.14. The van der Waals surface area contributed by atoms with Crippen LogP contribution >= 0.6 is 23.2 Å². The molecule has 2 unspecified atom stereocenters. The Hall–Kier alpha value is -3.08. The largest absolute Gasteiger partial charge is 0.466 e. The lowest BCUT2D eigenvalue weighted by Crippen LogP contribution is -2.46. The van der Waals surface area contributed by atoms with Crippen molar-refractivity contribution in [3.8, 4) is 0 Å². The fraction of sp³-hybridized carbons (Fsp3) is 0.517. The molecule has 0 saturated carbocycles. The van der Waals surface area contributed by atoms with E-state index in [9.17, 15) is 19.2 Å². The van der Waals surface area contributed by atoms with Crippen LogP contribution in [0.2, 0.25) is 0 Å². The van der Waals surface area contributed by atoms with E-state index < -0.39 is 30.1 Å². The Balaban J connectivity index is 0. The van der Waals surface area contributed by atoms with Crippen LogP contribution < -0.4 is 5.73 Å². The normalized spacial score (nSPS) is 11.3. The van der Waals surface area contributed by atoms with E-state index in [1.165, 1.54) is 4.90 Å². The van der Waals surface area contributed by atoms with Gasteiger partial charge in [0.1, 0.15) is 18.7 Å². The molecule has 12 heteroatoms. The van der Waals surface area contributed by atoms with Crippen molar-refractivity contribution in [3.05, 3.63) is 59.1 Å². The van der Waals surface area contributed by atoms with Gasteiger partial charge in [-0.25, -0.2) is 9.59 Å². The van der Waals surface area contributed by atoms with Gasteiger partial charge in [-0.15, -0.1) is 0 Å². The molecule has 2 N–H and O–H groups in total. The highest BCUT2D eigenvalue weighted by Gasteiger charge is 2.32. The minimum absolute atomic E-state index is 0. The lowest BCUT2D eigenvalue weighted by molar-refractivity contribution is -0.149. The van der Waals surface area contributed by atoms with Gasteiger partial charge in [0.05, 0.1) is 19.8 Å². The van der Waals surface area contributed by atoms with E-state index >= 15 is 0 Å². The third-order valence-electron chi connectivity index (χ3n) is 4.91. The summed E-state index contributed by atoms with van der Waals surface area (Å²) < 4.78 is 20.0. The standard InChI is InChI=1S/C21H28ClNO6.C7H12ClNO2.CH4/c1-4-27-19(24)12-9-13-23(18(14-16(3)22)20(25)28-5-2)21(26)29-15-17-10-7-6-8-11-17;1-3-11-7(10)6(9)4-5(2)8;/h6-8,10-11,18H,3-5,9,12-15H2,1-2H3;6H,2-4,9H2,1H3;1H4. The summed E-state index contributed by atoms with van der Waals surface area (Å²) in [5.74, 6) is -1.42. The molecule has 0 radical (unpaired) electrons. The first kappa shape index (κ1) is 40.1. The van der Waals surface area contributed by atoms with Gasteiger partial charge in [-0.3, -0.25) is 14.5 Å². The van der Waals surface area contributed by atoms with E-state index in [-0.39, 0.29) is 64.1 Å².